The average Bonchev–Trinajstić information content (AvgIpc) is 3.27. The number of methoxy groups -OCH3 is 3. The Kier molecular flexibility index (Phi) is 8.27. The molecule has 0 aliphatic heterocycles. The zero-order valence-corrected chi connectivity index (χ0v) is 22.3. The number of carbonyl (C=O) groups excluding carboxylic acids is 2. The molecule has 0 saturated heterocycles. The molecule has 0 atom stereocenters. The van der Waals surface area contributed by atoms with Crippen molar-refractivity contribution in [1.29, 1.82) is 0 Å². The molecule has 0 aliphatic rings. The monoisotopic (exact) mass is 536 g/mol. The zero-order chi connectivity index (χ0) is 27.2. The number of nitrogens with zero attached hydrogens (tertiary/aromatic N) is 2. The Hall–Kier alpha value is -4.38. The first-order valence-electron chi connectivity index (χ1n) is 11.8. The Morgan fingerprint density at radius 3 is 2.47 bits per heavy atom. The maximum absolute atomic E-state index is 13.2. The molecule has 198 valence electrons. The molecule has 2 N–H and O–H groups in total. The van der Waals surface area contributed by atoms with Gasteiger partial charge >= 0.3 is 0 Å². The van der Waals surface area contributed by atoms with Gasteiger partial charge in [-0.3, -0.25) is 19.0 Å². The molecule has 0 unspecified atom stereocenters. The summed E-state index contributed by atoms with van der Waals surface area (Å²) in [5.74, 6) is 1.08. The molecule has 0 aliphatic carbocycles. The summed E-state index contributed by atoms with van der Waals surface area (Å²) in [5.41, 5.74) is 1.63. The first-order valence-corrected chi connectivity index (χ1v) is 12.6. The Labute approximate surface area is 223 Å². The van der Waals surface area contributed by atoms with Gasteiger partial charge in [-0.05, 0) is 48.7 Å². The number of aryl methyl sites for hydroxylation is 1. The van der Waals surface area contributed by atoms with Gasteiger partial charge in [0, 0.05) is 6.54 Å². The largest absolute Gasteiger partial charge is 0.495 e. The quantitative estimate of drug-likeness (QED) is 0.319. The van der Waals surface area contributed by atoms with Crippen molar-refractivity contribution >= 4 is 39.1 Å². The van der Waals surface area contributed by atoms with Crippen LogP contribution in [-0.4, -0.2) is 49.2 Å². The lowest BCUT2D eigenvalue weighted by Crippen LogP contribution is -2.28. The van der Waals surface area contributed by atoms with E-state index in [0.717, 1.165) is 16.9 Å². The molecule has 2 aromatic carbocycles. The van der Waals surface area contributed by atoms with Crippen LogP contribution < -0.4 is 30.4 Å². The van der Waals surface area contributed by atoms with Crippen LogP contribution in [0.3, 0.4) is 0 Å². The van der Waals surface area contributed by atoms with E-state index in [1.807, 2.05) is 18.2 Å². The van der Waals surface area contributed by atoms with Gasteiger partial charge in [0.2, 0.25) is 5.91 Å². The fourth-order valence-electron chi connectivity index (χ4n) is 4.02. The summed E-state index contributed by atoms with van der Waals surface area (Å²) in [4.78, 5) is 43.9. The van der Waals surface area contributed by atoms with Crippen LogP contribution in [0.1, 0.15) is 20.8 Å². The first-order chi connectivity index (χ1) is 18.4. The summed E-state index contributed by atoms with van der Waals surface area (Å²) in [6.45, 7) is 1.87. The third-order valence-corrected chi connectivity index (χ3v) is 7.16. The maximum Gasteiger partial charge on any atom is 0.262 e. The number of ether oxygens (including phenoxy) is 3. The minimum absolute atomic E-state index is 0.234. The van der Waals surface area contributed by atoms with E-state index in [-0.39, 0.29) is 18.0 Å². The number of hydrogen-bond acceptors (Lipinski definition) is 8. The van der Waals surface area contributed by atoms with Gasteiger partial charge in [-0.1, -0.05) is 18.2 Å². The van der Waals surface area contributed by atoms with Crippen LogP contribution in [0.15, 0.2) is 53.6 Å². The summed E-state index contributed by atoms with van der Waals surface area (Å²) < 4.78 is 17.1. The van der Waals surface area contributed by atoms with Gasteiger partial charge in [0.15, 0.2) is 11.5 Å². The molecule has 0 radical (unpaired) electrons. The van der Waals surface area contributed by atoms with Crippen LogP contribution in [0.5, 0.6) is 17.2 Å². The average molecular weight is 537 g/mol. The number of benzene rings is 2. The second kappa shape index (κ2) is 11.8. The second-order valence-electron chi connectivity index (χ2n) is 8.36. The summed E-state index contributed by atoms with van der Waals surface area (Å²) in [7, 11) is 4.66. The van der Waals surface area contributed by atoms with Crippen LogP contribution in [0.2, 0.25) is 0 Å². The molecule has 2 aromatic heterocycles. The molecule has 4 rings (SSSR count). The Morgan fingerprint density at radius 1 is 1.00 bits per heavy atom. The molecule has 0 saturated carbocycles. The molecule has 0 fully saturated rings. The van der Waals surface area contributed by atoms with Crippen LogP contribution in [-0.2, 0) is 17.8 Å². The summed E-state index contributed by atoms with van der Waals surface area (Å²) in [6, 6.07) is 12.6. The lowest BCUT2D eigenvalue weighted by molar-refractivity contribution is -0.116. The van der Waals surface area contributed by atoms with E-state index in [0.29, 0.717) is 56.6 Å². The molecule has 38 heavy (non-hydrogen) atoms. The standard InChI is InChI=1S/C27H28N4O6S/c1-16-23-26(29-15-31(27(23)34)14-22(32)30-18-7-5-6-8-19(18)35-2)38-24(16)25(33)28-12-11-17-9-10-20(36-3)21(13-17)37-4/h5-10,13,15H,11-12,14H2,1-4H3,(H,28,33)(H,30,32). The van der Waals surface area contributed by atoms with Crippen LogP contribution >= 0.6 is 11.3 Å². The van der Waals surface area contributed by atoms with Crippen molar-refractivity contribution < 1.29 is 23.8 Å². The normalized spacial score (nSPS) is 10.7. The number of hydrogen-bond donors (Lipinski definition) is 2. The van der Waals surface area contributed by atoms with Crippen molar-refractivity contribution in [1.82, 2.24) is 14.9 Å². The predicted molar refractivity (Wildman–Crippen MR) is 146 cm³/mol. The van der Waals surface area contributed by atoms with Crippen molar-refractivity contribution in [3.05, 3.63) is 75.1 Å². The highest BCUT2D eigenvalue weighted by molar-refractivity contribution is 7.20. The number of amides is 2. The molecule has 10 nitrogen and oxygen atoms in total. The highest BCUT2D eigenvalue weighted by Crippen LogP contribution is 2.28. The van der Waals surface area contributed by atoms with E-state index in [1.54, 1.807) is 45.4 Å². The van der Waals surface area contributed by atoms with Gasteiger partial charge in [0.25, 0.3) is 11.5 Å². The van der Waals surface area contributed by atoms with Crippen molar-refractivity contribution in [3.63, 3.8) is 0 Å². The lowest BCUT2D eigenvalue weighted by Gasteiger charge is -2.10. The first kappa shape index (κ1) is 26.7. The van der Waals surface area contributed by atoms with E-state index in [2.05, 4.69) is 15.6 Å². The van der Waals surface area contributed by atoms with Crippen molar-refractivity contribution in [2.75, 3.05) is 33.2 Å². The third kappa shape index (κ3) is 5.62. The van der Waals surface area contributed by atoms with E-state index in [4.69, 9.17) is 14.2 Å². The SMILES string of the molecule is COc1ccccc1NC(=O)Cn1cnc2sc(C(=O)NCCc3ccc(OC)c(OC)c3)c(C)c2c1=O. The highest BCUT2D eigenvalue weighted by Gasteiger charge is 2.20. The van der Waals surface area contributed by atoms with E-state index >= 15 is 0 Å². The molecule has 0 bridgehead atoms. The highest BCUT2D eigenvalue weighted by atomic mass is 32.1. The van der Waals surface area contributed by atoms with E-state index < -0.39 is 5.91 Å². The number of rotatable bonds is 10. The minimum Gasteiger partial charge on any atom is -0.495 e. The van der Waals surface area contributed by atoms with E-state index in [9.17, 15) is 14.4 Å². The lowest BCUT2D eigenvalue weighted by atomic mass is 10.1. The Bertz CT molecular complexity index is 1540. The molecule has 2 amide bonds. The summed E-state index contributed by atoms with van der Waals surface area (Å²) in [6.07, 6.45) is 1.91. The summed E-state index contributed by atoms with van der Waals surface area (Å²) in [5, 5.41) is 5.98. The number of anilines is 1. The van der Waals surface area contributed by atoms with Gasteiger partial charge in [0.1, 0.15) is 17.1 Å². The number of aromatic nitrogens is 2. The number of carbonyl (C=O) groups is 2. The number of para-hydroxylation sites is 2. The fourth-order valence-corrected chi connectivity index (χ4v) is 5.07. The van der Waals surface area contributed by atoms with Crippen molar-refractivity contribution in [2.45, 2.75) is 19.9 Å². The van der Waals surface area contributed by atoms with Crippen LogP contribution in [0, 0.1) is 6.92 Å². The molecular formula is C27H28N4O6S. The number of fused-ring (bicyclic) bond motifs is 1. The molecule has 4 aromatic rings. The predicted octanol–water partition coefficient (Wildman–Crippen LogP) is 3.40. The van der Waals surface area contributed by atoms with Gasteiger partial charge < -0.3 is 24.8 Å². The van der Waals surface area contributed by atoms with Crippen LogP contribution in [0.25, 0.3) is 10.2 Å². The molecule has 0 spiro atoms. The van der Waals surface area contributed by atoms with Gasteiger partial charge in [-0.2, -0.15) is 0 Å². The molecule has 11 heteroatoms. The van der Waals surface area contributed by atoms with Crippen molar-refractivity contribution in [3.8, 4) is 17.2 Å². The topological polar surface area (TPSA) is 121 Å². The Balaban J connectivity index is 1.45. The Morgan fingerprint density at radius 2 is 1.74 bits per heavy atom. The molecular weight excluding hydrogens is 508 g/mol. The maximum atomic E-state index is 13.2. The molecule has 2 heterocycles. The number of nitrogens with one attached hydrogen (secondary N) is 2. The van der Waals surface area contributed by atoms with Gasteiger partial charge in [-0.25, -0.2) is 4.98 Å². The fraction of sp³-hybridized carbons (Fsp3) is 0.259. The third-order valence-electron chi connectivity index (χ3n) is 5.97. The smallest absolute Gasteiger partial charge is 0.262 e. The zero-order valence-electron chi connectivity index (χ0n) is 21.5. The summed E-state index contributed by atoms with van der Waals surface area (Å²) >= 11 is 1.15. The van der Waals surface area contributed by atoms with Gasteiger partial charge in [-0.15, -0.1) is 11.3 Å². The van der Waals surface area contributed by atoms with E-state index in [1.165, 1.54) is 18.0 Å². The van der Waals surface area contributed by atoms with Gasteiger partial charge in [0.05, 0.1) is 43.6 Å². The van der Waals surface area contributed by atoms with Crippen molar-refractivity contribution in [2.24, 2.45) is 0 Å². The number of thiophene rings is 1. The van der Waals surface area contributed by atoms with Crippen LogP contribution in [0.4, 0.5) is 5.69 Å². The second-order valence-corrected chi connectivity index (χ2v) is 9.36. The minimum atomic E-state index is -0.404.